The van der Waals surface area contributed by atoms with Crippen LogP contribution in [0.2, 0.25) is 0 Å². The number of carbonyl (C=O) groups is 1. The van der Waals surface area contributed by atoms with Crippen molar-refractivity contribution in [2.24, 2.45) is 5.92 Å². The Bertz CT molecular complexity index is 713. The van der Waals surface area contributed by atoms with Crippen molar-refractivity contribution in [1.29, 1.82) is 0 Å². The number of amides is 1. The Hall–Kier alpha value is -3.03. The maximum absolute atomic E-state index is 11.7. The van der Waals surface area contributed by atoms with Crippen LogP contribution in [0.3, 0.4) is 0 Å². The number of ether oxygens (including phenoxy) is 1. The number of nitrogens with one attached hydrogen (secondary N) is 1. The highest BCUT2D eigenvalue weighted by atomic mass is 16.6. The van der Waals surface area contributed by atoms with Crippen LogP contribution in [0.25, 0.3) is 0 Å². The molecule has 1 heterocycles. The standard InChI is InChI=1S/C14H12N4O4/c19-14(9-1-2-9)17-12-7-13(16-8-15-12)22-11-5-3-10(4-6-11)18(20)21/h3-9H,1-2H2,(H,15,16,17,19). The first-order chi connectivity index (χ1) is 10.6. The molecular formula is C14H12N4O4. The second kappa shape index (κ2) is 5.76. The van der Waals surface area contributed by atoms with Crippen LogP contribution in [0, 0.1) is 16.0 Å². The van der Waals surface area contributed by atoms with Crippen LogP contribution in [-0.4, -0.2) is 20.8 Å². The van der Waals surface area contributed by atoms with E-state index < -0.39 is 4.92 Å². The van der Waals surface area contributed by atoms with Gasteiger partial charge in [-0.25, -0.2) is 9.97 Å². The van der Waals surface area contributed by atoms with Crippen LogP contribution in [0.5, 0.6) is 11.6 Å². The summed E-state index contributed by atoms with van der Waals surface area (Å²) in [7, 11) is 0. The fourth-order valence-corrected chi connectivity index (χ4v) is 1.79. The molecule has 112 valence electrons. The van der Waals surface area contributed by atoms with Gasteiger partial charge in [-0.1, -0.05) is 0 Å². The molecule has 1 aliphatic rings. The molecule has 0 spiro atoms. The van der Waals surface area contributed by atoms with Crippen LogP contribution >= 0.6 is 0 Å². The lowest BCUT2D eigenvalue weighted by Gasteiger charge is -2.06. The lowest BCUT2D eigenvalue weighted by molar-refractivity contribution is -0.384. The van der Waals surface area contributed by atoms with E-state index in [1.165, 1.54) is 36.7 Å². The highest BCUT2D eigenvalue weighted by molar-refractivity contribution is 5.93. The van der Waals surface area contributed by atoms with Crippen LogP contribution < -0.4 is 10.1 Å². The summed E-state index contributed by atoms with van der Waals surface area (Å²) < 4.78 is 5.49. The Labute approximate surface area is 125 Å². The van der Waals surface area contributed by atoms with Gasteiger partial charge in [-0.2, -0.15) is 0 Å². The molecule has 0 radical (unpaired) electrons. The van der Waals surface area contributed by atoms with Crippen molar-refractivity contribution in [2.45, 2.75) is 12.8 Å². The number of nitro benzene ring substituents is 1. The van der Waals surface area contributed by atoms with Crippen molar-refractivity contribution in [3.05, 3.63) is 46.8 Å². The molecule has 1 aliphatic carbocycles. The minimum Gasteiger partial charge on any atom is -0.439 e. The average Bonchev–Trinajstić information content (AvgIpc) is 3.33. The quantitative estimate of drug-likeness (QED) is 0.671. The number of benzene rings is 1. The molecule has 3 rings (SSSR count). The lowest BCUT2D eigenvalue weighted by Crippen LogP contribution is -2.14. The summed E-state index contributed by atoms with van der Waals surface area (Å²) >= 11 is 0. The van der Waals surface area contributed by atoms with E-state index in [0.29, 0.717) is 11.6 Å². The first-order valence-corrected chi connectivity index (χ1v) is 6.67. The molecule has 1 aromatic carbocycles. The van der Waals surface area contributed by atoms with Gasteiger partial charge in [0.1, 0.15) is 17.9 Å². The molecule has 2 aromatic rings. The number of non-ortho nitro benzene ring substituents is 1. The van der Waals surface area contributed by atoms with Gasteiger partial charge in [0.2, 0.25) is 11.8 Å². The molecule has 8 heteroatoms. The van der Waals surface area contributed by atoms with Gasteiger partial charge < -0.3 is 10.1 Å². The number of hydrogen-bond donors (Lipinski definition) is 1. The first-order valence-electron chi connectivity index (χ1n) is 6.67. The lowest BCUT2D eigenvalue weighted by atomic mass is 10.3. The number of nitro groups is 1. The molecule has 0 unspecified atom stereocenters. The van der Waals surface area contributed by atoms with Crippen LogP contribution in [0.4, 0.5) is 11.5 Å². The molecule has 1 fully saturated rings. The Kier molecular flexibility index (Phi) is 3.65. The maximum Gasteiger partial charge on any atom is 0.269 e. The third kappa shape index (κ3) is 3.35. The van der Waals surface area contributed by atoms with E-state index in [2.05, 4.69) is 15.3 Å². The second-order valence-electron chi connectivity index (χ2n) is 4.86. The largest absolute Gasteiger partial charge is 0.439 e. The minimum atomic E-state index is -0.486. The van der Waals surface area contributed by atoms with Gasteiger partial charge in [-0.05, 0) is 25.0 Å². The Morgan fingerprint density at radius 3 is 2.64 bits per heavy atom. The van der Waals surface area contributed by atoms with Gasteiger partial charge in [0.05, 0.1) is 4.92 Å². The van der Waals surface area contributed by atoms with E-state index >= 15 is 0 Å². The zero-order valence-electron chi connectivity index (χ0n) is 11.4. The maximum atomic E-state index is 11.7. The summed E-state index contributed by atoms with van der Waals surface area (Å²) in [6.07, 6.45) is 3.09. The van der Waals surface area contributed by atoms with Gasteiger partial charge in [-0.15, -0.1) is 0 Å². The zero-order valence-corrected chi connectivity index (χ0v) is 11.4. The number of anilines is 1. The van der Waals surface area contributed by atoms with E-state index in [0.717, 1.165) is 12.8 Å². The highest BCUT2D eigenvalue weighted by Crippen LogP contribution is 2.30. The summed E-state index contributed by atoms with van der Waals surface area (Å²) in [6, 6.07) is 7.13. The average molecular weight is 300 g/mol. The minimum absolute atomic E-state index is 0.0209. The molecule has 8 nitrogen and oxygen atoms in total. The fraction of sp³-hybridized carbons (Fsp3) is 0.214. The predicted molar refractivity (Wildman–Crippen MR) is 76.6 cm³/mol. The van der Waals surface area contributed by atoms with Crippen molar-refractivity contribution in [3.8, 4) is 11.6 Å². The van der Waals surface area contributed by atoms with Crippen LogP contribution in [0.1, 0.15) is 12.8 Å². The summed E-state index contributed by atoms with van der Waals surface area (Å²) in [5.41, 5.74) is -0.0209. The molecule has 22 heavy (non-hydrogen) atoms. The van der Waals surface area contributed by atoms with E-state index in [9.17, 15) is 14.9 Å². The number of carbonyl (C=O) groups excluding carboxylic acids is 1. The normalized spacial score (nSPS) is 13.5. The smallest absolute Gasteiger partial charge is 0.269 e. The van der Waals surface area contributed by atoms with Gasteiger partial charge in [0.15, 0.2) is 0 Å². The summed E-state index contributed by atoms with van der Waals surface area (Å²) in [4.78, 5) is 29.7. The fourth-order valence-electron chi connectivity index (χ4n) is 1.79. The number of hydrogen-bond acceptors (Lipinski definition) is 6. The molecule has 0 atom stereocenters. The predicted octanol–water partition coefficient (Wildman–Crippen LogP) is 2.53. The summed E-state index contributed by atoms with van der Waals surface area (Å²) in [5.74, 6) is 1.04. The Balaban J connectivity index is 1.69. The zero-order chi connectivity index (χ0) is 15.5. The summed E-state index contributed by atoms with van der Waals surface area (Å²) in [5, 5.41) is 13.3. The Morgan fingerprint density at radius 2 is 2.00 bits per heavy atom. The van der Waals surface area contributed by atoms with E-state index in [4.69, 9.17) is 4.74 Å². The summed E-state index contributed by atoms with van der Waals surface area (Å²) in [6.45, 7) is 0. The van der Waals surface area contributed by atoms with Crippen molar-refractivity contribution >= 4 is 17.4 Å². The molecule has 0 aliphatic heterocycles. The van der Waals surface area contributed by atoms with E-state index in [-0.39, 0.29) is 23.4 Å². The van der Waals surface area contributed by atoms with Gasteiger partial charge >= 0.3 is 0 Å². The third-order valence-corrected chi connectivity index (χ3v) is 3.11. The van der Waals surface area contributed by atoms with Gasteiger partial charge in [-0.3, -0.25) is 14.9 Å². The molecule has 1 amide bonds. The van der Waals surface area contributed by atoms with Crippen molar-refractivity contribution in [1.82, 2.24) is 9.97 Å². The number of nitrogens with zero attached hydrogens (tertiary/aromatic N) is 3. The molecule has 1 aromatic heterocycles. The van der Waals surface area contributed by atoms with Crippen LogP contribution in [0.15, 0.2) is 36.7 Å². The van der Waals surface area contributed by atoms with E-state index in [1.54, 1.807) is 0 Å². The second-order valence-corrected chi connectivity index (χ2v) is 4.86. The monoisotopic (exact) mass is 300 g/mol. The molecule has 1 saturated carbocycles. The van der Waals surface area contributed by atoms with Crippen LogP contribution in [-0.2, 0) is 4.79 Å². The first kappa shape index (κ1) is 13.9. The molecule has 0 bridgehead atoms. The van der Waals surface area contributed by atoms with Gasteiger partial charge in [0, 0.05) is 24.1 Å². The molecule has 0 saturated heterocycles. The van der Waals surface area contributed by atoms with Gasteiger partial charge in [0.25, 0.3) is 5.69 Å². The number of aromatic nitrogens is 2. The number of rotatable bonds is 5. The topological polar surface area (TPSA) is 107 Å². The molecule has 1 N–H and O–H groups in total. The third-order valence-electron chi connectivity index (χ3n) is 3.11. The highest BCUT2D eigenvalue weighted by Gasteiger charge is 2.29. The molecular weight excluding hydrogens is 288 g/mol. The van der Waals surface area contributed by atoms with E-state index in [1.807, 2.05) is 0 Å². The van der Waals surface area contributed by atoms with Crippen molar-refractivity contribution in [2.75, 3.05) is 5.32 Å². The van der Waals surface area contributed by atoms with Crippen molar-refractivity contribution < 1.29 is 14.5 Å². The van der Waals surface area contributed by atoms with Crippen molar-refractivity contribution in [3.63, 3.8) is 0 Å². The Morgan fingerprint density at radius 1 is 1.27 bits per heavy atom. The SMILES string of the molecule is O=C(Nc1cc(Oc2ccc([N+](=O)[O-])cc2)ncn1)C1CC1.